The monoisotopic (exact) mass is 307 g/mol. The van der Waals surface area contributed by atoms with E-state index < -0.39 is 36.3 Å². The molecular weight excluding hydrogens is 294 g/mol. The minimum absolute atomic E-state index is 0.183. The van der Waals surface area contributed by atoms with Gasteiger partial charge in [-0.3, -0.25) is 23.9 Å². The molecule has 2 heterocycles. The highest BCUT2D eigenvalue weighted by Crippen LogP contribution is 1.98. The Morgan fingerprint density at radius 3 is 2.82 bits per heavy atom. The summed E-state index contributed by atoms with van der Waals surface area (Å²) in [6.07, 6.45) is 2.64. The molecule has 2 rings (SSSR count). The van der Waals surface area contributed by atoms with Gasteiger partial charge in [-0.2, -0.15) is 0 Å². The molecule has 2 N–H and O–H groups in total. The number of ether oxygens (including phenoxy) is 1. The fourth-order valence-electron chi connectivity index (χ4n) is 1.55. The molecule has 0 spiro atoms. The van der Waals surface area contributed by atoms with Crippen LogP contribution in [0.1, 0.15) is 5.76 Å². The van der Waals surface area contributed by atoms with E-state index >= 15 is 0 Å². The quantitative estimate of drug-likeness (QED) is 0.659. The summed E-state index contributed by atoms with van der Waals surface area (Å²) in [5.74, 6) is -0.708. The molecule has 0 atom stereocenters. The SMILES string of the molecule is O=C(COC(=O)Cn1ccc(=O)[nH]c1=O)NCc1ccco1. The third-order valence-corrected chi connectivity index (χ3v) is 2.60. The van der Waals surface area contributed by atoms with Gasteiger partial charge in [0.25, 0.3) is 11.5 Å². The van der Waals surface area contributed by atoms with E-state index in [-0.39, 0.29) is 6.54 Å². The first-order valence-corrected chi connectivity index (χ1v) is 6.29. The largest absolute Gasteiger partial charge is 0.467 e. The molecule has 0 aliphatic heterocycles. The summed E-state index contributed by atoms with van der Waals surface area (Å²) in [5.41, 5.74) is -1.29. The summed E-state index contributed by atoms with van der Waals surface area (Å²) < 4.78 is 10.7. The van der Waals surface area contributed by atoms with Gasteiger partial charge in [-0.25, -0.2) is 4.79 Å². The number of H-pyrrole nitrogens is 1. The number of aromatic nitrogens is 2. The lowest BCUT2D eigenvalue weighted by Crippen LogP contribution is -2.33. The standard InChI is InChI=1S/C13H13N3O6/c17-10-3-4-16(13(20)15-10)7-12(19)22-8-11(18)14-6-9-2-1-5-21-9/h1-5H,6-8H2,(H,14,18)(H,15,17,20). The van der Waals surface area contributed by atoms with Crippen LogP contribution in [0.3, 0.4) is 0 Å². The van der Waals surface area contributed by atoms with Crippen molar-refractivity contribution in [1.29, 1.82) is 0 Å². The van der Waals surface area contributed by atoms with E-state index in [1.54, 1.807) is 12.1 Å². The van der Waals surface area contributed by atoms with Gasteiger partial charge in [0, 0.05) is 12.3 Å². The van der Waals surface area contributed by atoms with Crippen molar-refractivity contribution in [3.63, 3.8) is 0 Å². The molecule has 9 heteroatoms. The Labute approximate surface area is 123 Å². The molecule has 0 unspecified atom stereocenters. The highest BCUT2D eigenvalue weighted by atomic mass is 16.5. The van der Waals surface area contributed by atoms with E-state index in [1.165, 1.54) is 12.5 Å². The van der Waals surface area contributed by atoms with Crippen LogP contribution in [0.2, 0.25) is 0 Å². The Morgan fingerprint density at radius 1 is 1.32 bits per heavy atom. The van der Waals surface area contributed by atoms with Gasteiger partial charge < -0.3 is 14.5 Å². The molecule has 116 valence electrons. The number of nitrogens with one attached hydrogen (secondary N) is 2. The lowest BCUT2D eigenvalue weighted by molar-refractivity contribution is -0.149. The van der Waals surface area contributed by atoms with Crippen molar-refractivity contribution < 1.29 is 18.7 Å². The molecule has 0 aliphatic rings. The first-order chi connectivity index (χ1) is 10.5. The van der Waals surface area contributed by atoms with Crippen LogP contribution in [-0.2, 0) is 27.4 Å². The molecule has 2 aromatic heterocycles. The van der Waals surface area contributed by atoms with E-state index in [0.29, 0.717) is 5.76 Å². The second-order valence-corrected chi connectivity index (χ2v) is 4.25. The second-order valence-electron chi connectivity index (χ2n) is 4.25. The second kappa shape index (κ2) is 7.07. The Balaban J connectivity index is 1.76. The summed E-state index contributed by atoms with van der Waals surface area (Å²) in [6, 6.07) is 4.48. The third-order valence-electron chi connectivity index (χ3n) is 2.60. The number of esters is 1. The van der Waals surface area contributed by atoms with Crippen molar-refractivity contribution in [2.24, 2.45) is 0 Å². The number of rotatable bonds is 6. The molecular formula is C13H13N3O6. The van der Waals surface area contributed by atoms with E-state index in [0.717, 1.165) is 10.6 Å². The molecule has 0 radical (unpaired) electrons. The topological polar surface area (TPSA) is 123 Å². The van der Waals surface area contributed by atoms with Gasteiger partial charge in [-0.05, 0) is 12.1 Å². The van der Waals surface area contributed by atoms with Crippen LogP contribution >= 0.6 is 0 Å². The highest BCUT2D eigenvalue weighted by Gasteiger charge is 2.09. The van der Waals surface area contributed by atoms with Gasteiger partial charge in [0.1, 0.15) is 12.3 Å². The molecule has 9 nitrogen and oxygen atoms in total. The number of nitrogens with zero attached hydrogens (tertiary/aromatic N) is 1. The molecule has 0 saturated carbocycles. The summed E-state index contributed by atoms with van der Waals surface area (Å²) >= 11 is 0. The maximum atomic E-state index is 11.5. The fraction of sp³-hybridized carbons (Fsp3) is 0.231. The van der Waals surface area contributed by atoms with Gasteiger partial charge >= 0.3 is 11.7 Å². The van der Waals surface area contributed by atoms with E-state index in [2.05, 4.69) is 5.32 Å². The highest BCUT2D eigenvalue weighted by molar-refractivity contribution is 5.80. The van der Waals surface area contributed by atoms with E-state index in [9.17, 15) is 19.2 Å². The average Bonchev–Trinajstić information content (AvgIpc) is 2.99. The fourth-order valence-corrected chi connectivity index (χ4v) is 1.55. The molecule has 0 saturated heterocycles. The lowest BCUT2D eigenvalue weighted by atomic mass is 10.4. The predicted octanol–water partition coefficient (Wildman–Crippen LogP) is -1.01. The summed E-state index contributed by atoms with van der Waals surface area (Å²) in [7, 11) is 0. The molecule has 2 aromatic rings. The number of aromatic amines is 1. The van der Waals surface area contributed by atoms with Crippen molar-refractivity contribution in [3.8, 4) is 0 Å². The summed E-state index contributed by atoms with van der Waals surface area (Å²) in [4.78, 5) is 47.2. The van der Waals surface area contributed by atoms with Crippen LogP contribution < -0.4 is 16.6 Å². The van der Waals surface area contributed by atoms with E-state index in [4.69, 9.17) is 9.15 Å². The normalized spacial score (nSPS) is 10.2. The van der Waals surface area contributed by atoms with Crippen molar-refractivity contribution >= 4 is 11.9 Å². The van der Waals surface area contributed by atoms with Gasteiger partial charge in [0.05, 0.1) is 12.8 Å². The Hall–Kier alpha value is -3.10. The number of carbonyl (C=O) groups is 2. The molecule has 0 fully saturated rings. The van der Waals surface area contributed by atoms with Crippen LogP contribution in [0.5, 0.6) is 0 Å². The summed E-state index contributed by atoms with van der Waals surface area (Å²) in [6.45, 7) is -0.693. The molecule has 22 heavy (non-hydrogen) atoms. The molecule has 0 aromatic carbocycles. The van der Waals surface area contributed by atoms with E-state index in [1.807, 2.05) is 4.98 Å². The van der Waals surface area contributed by atoms with Crippen LogP contribution in [0.15, 0.2) is 44.7 Å². The maximum Gasteiger partial charge on any atom is 0.328 e. The zero-order chi connectivity index (χ0) is 15.9. The zero-order valence-electron chi connectivity index (χ0n) is 11.4. The number of furan rings is 1. The van der Waals surface area contributed by atoms with Crippen LogP contribution in [-0.4, -0.2) is 28.0 Å². The smallest absolute Gasteiger partial charge is 0.328 e. The van der Waals surface area contributed by atoms with Gasteiger partial charge in [-0.15, -0.1) is 0 Å². The third kappa shape index (κ3) is 4.47. The number of amides is 1. The van der Waals surface area contributed by atoms with Crippen molar-refractivity contribution in [2.45, 2.75) is 13.1 Å². The van der Waals surface area contributed by atoms with Crippen molar-refractivity contribution in [2.75, 3.05) is 6.61 Å². The first kappa shape index (κ1) is 15.3. The minimum Gasteiger partial charge on any atom is -0.467 e. The molecule has 0 bridgehead atoms. The Morgan fingerprint density at radius 2 is 2.14 bits per heavy atom. The number of carbonyl (C=O) groups excluding carboxylic acids is 2. The van der Waals surface area contributed by atoms with Gasteiger partial charge in [0.2, 0.25) is 0 Å². The Kier molecular flexibility index (Phi) is 4.91. The summed E-state index contributed by atoms with van der Waals surface area (Å²) in [5, 5.41) is 2.50. The Bertz CT molecular complexity index is 759. The van der Waals surface area contributed by atoms with Crippen molar-refractivity contribution in [1.82, 2.24) is 14.9 Å². The molecule has 1 amide bonds. The lowest BCUT2D eigenvalue weighted by Gasteiger charge is -2.06. The predicted molar refractivity (Wildman–Crippen MR) is 72.8 cm³/mol. The number of hydrogen-bond acceptors (Lipinski definition) is 6. The van der Waals surface area contributed by atoms with Crippen molar-refractivity contribution in [3.05, 3.63) is 57.3 Å². The first-order valence-electron chi connectivity index (χ1n) is 6.29. The number of hydrogen-bond donors (Lipinski definition) is 2. The maximum absolute atomic E-state index is 11.5. The average molecular weight is 307 g/mol. The van der Waals surface area contributed by atoms with Gasteiger partial charge in [-0.1, -0.05) is 0 Å². The van der Waals surface area contributed by atoms with Crippen LogP contribution in [0.4, 0.5) is 0 Å². The zero-order valence-corrected chi connectivity index (χ0v) is 11.4. The van der Waals surface area contributed by atoms with Gasteiger partial charge in [0.15, 0.2) is 6.61 Å². The van der Waals surface area contributed by atoms with Crippen LogP contribution in [0.25, 0.3) is 0 Å². The minimum atomic E-state index is -0.776. The molecule has 0 aliphatic carbocycles. The van der Waals surface area contributed by atoms with Crippen LogP contribution in [0, 0.1) is 0 Å².